The van der Waals surface area contributed by atoms with Crippen molar-refractivity contribution in [2.75, 3.05) is 5.88 Å². The number of aryl methyl sites for hydroxylation is 2. The van der Waals surface area contributed by atoms with E-state index >= 15 is 0 Å². The molecule has 4 heteroatoms. The van der Waals surface area contributed by atoms with Gasteiger partial charge < -0.3 is 4.42 Å². The summed E-state index contributed by atoms with van der Waals surface area (Å²) in [6, 6.07) is 5.18. The van der Waals surface area contributed by atoms with Gasteiger partial charge in [0.05, 0.1) is 11.8 Å². The number of oxazole rings is 1. The van der Waals surface area contributed by atoms with Crippen LogP contribution in [0.5, 0.6) is 0 Å². The molecule has 2 rings (SSSR count). The van der Waals surface area contributed by atoms with Crippen LogP contribution < -0.4 is 0 Å². The van der Waals surface area contributed by atoms with E-state index in [1.807, 2.05) is 0 Å². The number of aromatic nitrogens is 1. The van der Waals surface area contributed by atoms with Crippen molar-refractivity contribution in [3.8, 4) is 11.3 Å². The Hall–Kier alpha value is -1.35. The molecule has 0 aliphatic carbocycles. The van der Waals surface area contributed by atoms with Gasteiger partial charge in [-0.1, -0.05) is 12.1 Å². The van der Waals surface area contributed by atoms with Crippen LogP contribution >= 0.6 is 11.6 Å². The Balaban J connectivity index is 2.39. The molecular weight excluding hydrogens is 229 g/mol. The Morgan fingerprint density at radius 1 is 1.44 bits per heavy atom. The number of halogens is 2. The second-order valence-electron chi connectivity index (χ2n) is 3.49. The molecule has 0 unspecified atom stereocenters. The van der Waals surface area contributed by atoms with E-state index < -0.39 is 0 Å². The van der Waals surface area contributed by atoms with Gasteiger partial charge in [-0.2, -0.15) is 0 Å². The average molecular weight is 240 g/mol. The Labute approximate surface area is 98.1 Å². The van der Waals surface area contributed by atoms with Crippen molar-refractivity contribution in [2.24, 2.45) is 0 Å². The van der Waals surface area contributed by atoms with Crippen LogP contribution in [0.4, 0.5) is 4.39 Å². The Kier molecular flexibility index (Phi) is 3.25. The number of nitrogens with zero attached hydrogens (tertiary/aromatic N) is 1. The Morgan fingerprint density at radius 3 is 3.00 bits per heavy atom. The van der Waals surface area contributed by atoms with E-state index in [-0.39, 0.29) is 5.82 Å². The highest BCUT2D eigenvalue weighted by atomic mass is 35.5. The van der Waals surface area contributed by atoms with Crippen LogP contribution in [0.2, 0.25) is 0 Å². The lowest BCUT2D eigenvalue weighted by atomic mass is 10.1. The minimum absolute atomic E-state index is 0.268. The standard InChI is InChI=1S/C12H11ClFNO/c1-8-3-2-4-9(12(8)14)10-7-15-11(16-10)5-6-13/h2-4,7H,5-6H2,1H3. The summed E-state index contributed by atoms with van der Waals surface area (Å²) in [5.74, 6) is 1.15. The van der Waals surface area contributed by atoms with Gasteiger partial charge in [-0.15, -0.1) is 11.6 Å². The van der Waals surface area contributed by atoms with Gasteiger partial charge in [-0.05, 0) is 18.6 Å². The monoisotopic (exact) mass is 239 g/mol. The second kappa shape index (κ2) is 4.66. The highest BCUT2D eigenvalue weighted by Crippen LogP contribution is 2.25. The minimum Gasteiger partial charge on any atom is -0.441 e. The summed E-state index contributed by atoms with van der Waals surface area (Å²) in [6.45, 7) is 1.72. The normalized spacial score (nSPS) is 10.7. The zero-order valence-electron chi connectivity index (χ0n) is 8.84. The van der Waals surface area contributed by atoms with Crippen molar-refractivity contribution in [1.29, 1.82) is 0 Å². The summed E-state index contributed by atoms with van der Waals surface area (Å²) < 4.78 is 19.2. The molecule has 0 atom stereocenters. The predicted octanol–water partition coefficient (Wildman–Crippen LogP) is 3.57. The lowest BCUT2D eigenvalue weighted by Gasteiger charge is -2.01. The summed E-state index contributed by atoms with van der Waals surface area (Å²) in [5.41, 5.74) is 1.03. The molecule has 2 aromatic rings. The molecule has 1 aromatic carbocycles. The van der Waals surface area contributed by atoms with Crippen molar-refractivity contribution in [3.05, 3.63) is 41.7 Å². The van der Waals surface area contributed by atoms with Crippen LogP contribution in [-0.2, 0) is 6.42 Å². The summed E-state index contributed by atoms with van der Waals surface area (Å²) in [6.07, 6.45) is 2.08. The van der Waals surface area contributed by atoms with E-state index in [9.17, 15) is 4.39 Å². The number of hydrogen-bond donors (Lipinski definition) is 0. The lowest BCUT2D eigenvalue weighted by Crippen LogP contribution is -1.86. The van der Waals surface area contributed by atoms with Crippen LogP contribution in [0, 0.1) is 12.7 Å². The van der Waals surface area contributed by atoms with Crippen LogP contribution in [0.25, 0.3) is 11.3 Å². The molecule has 0 bridgehead atoms. The van der Waals surface area contributed by atoms with Crippen molar-refractivity contribution in [1.82, 2.24) is 4.98 Å². The molecular formula is C12H11ClFNO. The molecule has 0 aliphatic rings. The van der Waals surface area contributed by atoms with Gasteiger partial charge in [0, 0.05) is 12.3 Å². The zero-order valence-corrected chi connectivity index (χ0v) is 9.59. The van der Waals surface area contributed by atoms with Gasteiger partial charge in [-0.25, -0.2) is 9.37 Å². The molecule has 2 nitrogen and oxygen atoms in total. The molecule has 0 amide bonds. The fourth-order valence-corrected chi connectivity index (χ4v) is 1.63. The molecule has 0 radical (unpaired) electrons. The zero-order chi connectivity index (χ0) is 11.5. The SMILES string of the molecule is Cc1cccc(-c2cnc(CCCl)o2)c1F. The molecule has 0 N–H and O–H groups in total. The van der Waals surface area contributed by atoms with E-state index in [1.54, 1.807) is 25.1 Å². The predicted molar refractivity (Wildman–Crippen MR) is 61.1 cm³/mol. The first-order chi connectivity index (χ1) is 7.72. The third kappa shape index (κ3) is 2.09. The minimum atomic E-state index is -0.268. The lowest BCUT2D eigenvalue weighted by molar-refractivity contribution is 0.509. The molecule has 1 aromatic heterocycles. The van der Waals surface area contributed by atoms with E-state index in [0.717, 1.165) is 0 Å². The summed E-state index contributed by atoms with van der Waals surface area (Å²) >= 11 is 5.57. The van der Waals surface area contributed by atoms with Crippen molar-refractivity contribution >= 4 is 11.6 Å². The summed E-state index contributed by atoms with van der Waals surface area (Å²) in [5, 5.41) is 0. The molecule has 0 aliphatic heterocycles. The Bertz CT molecular complexity index is 496. The van der Waals surface area contributed by atoms with Crippen molar-refractivity contribution < 1.29 is 8.81 Å². The molecule has 1 heterocycles. The molecule has 16 heavy (non-hydrogen) atoms. The number of hydrogen-bond acceptors (Lipinski definition) is 2. The number of alkyl halides is 1. The first-order valence-electron chi connectivity index (χ1n) is 4.98. The summed E-state index contributed by atoms with van der Waals surface area (Å²) in [4.78, 5) is 4.04. The van der Waals surface area contributed by atoms with Crippen molar-refractivity contribution in [2.45, 2.75) is 13.3 Å². The van der Waals surface area contributed by atoms with Crippen LogP contribution in [0.15, 0.2) is 28.8 Å². The van der Waals surface area contributed by atoms with Gasteiger partial charge in [0.25, 0.3) is 0 Å². The second-order valence-corrected chi connectivity index (χ2v) is 3.87. The largest absolute Gasteiger partial charge is 0.441 e. The fraction of sp³-hybridized carbons (Fsp3) is 0.250. The Morgan fingerprint density at radius 2 is 2.25 bits per heavy atom. The van der Waals surface area contributed by atoms with Gasteiger partial charge >= 0.3 is 0 Å². The first-order valence-corrected chi connectivity index (χ1v) is 5.52. The summed E-state index contributed by atoms with van der Waals surface area (Å²) in [7, 11) is 0. The number of benzene rings is 1. The molecule has 84 valence electrons. The fourth-order valence-electron chi connectivity index (χ4n) is 1.47. The van der Waals surface area contributed by atoms with Gasteiger partial charge in [0.2, 0.25) is 0 Å². The number of rotatable bonds is 3. The maximum Gasteiger partial charge on any atom is 0.196 e. The molecule has 0 saturated heterocycles. The van der Waals surface area contributed by atoms with Crippen LogP contribution in [0.1, 0.15) is 11.5 Å². The van der Waals surface area contributed by atoms with Gasteiger partial charge in [0.15, 0.2) is 11.7 Å². The maximum absolute atomic E-state index is 13.8. The van der Waals surface area contributed by atoms with Gasteiger partial charge in [0.1, 0.15) is 5.82 Å². The first kappa shape index (κ1) is 11.1. The highest BCUT2D eigenvalue weighted by Gasteiger charge is 2.11. The topological polar surface area (TPSA) is 26.0 Å². The molecule has 0 fully saturated rings. The quantitative estimate of drug-likeness (QED) is 0.766. The van der Waals surface area contributed by atoms with Gasteiger partial charge in [-0.3, -0.25) is 0 Å². The third-order valence-corrected chi connectivity index (χ3v) is 2.51. The van der Waals surface area contributed by atoms with Crippen LogP contribution in [0.3, 0.4) is 0 Å². The van der Waals surface area contributed by atoms with E-state index in [4.69, 9.17) is 16.0 Å². The van der Waals surface area contributed by atoms with E-state index in [0.29, 0.717) is 35.1 Å². The average Bonchev–Trinajstić information content (AvgIpc) is 2.71. The van der Waals surface area contributed by atoms with E-state index in [2.05, 4.69) is 4.98 Å². The molecule has 0 spiro atoms. The van der Waals surface area contributed by atoms with Crippen molar-refractivity contribution in [3.63, 3.8) is 0 Å². The highest BCUT2D eigenvalue weighted by molar-refractivity contribution is 6.17. The van der Waals surface area contributed by atoms with Crippen LogP contribution in [-0.4, -0.2) is 10.9 Å². The third-order valence-electron chi connectivity index (χ3n) is 2.32. The molecule has 0 saturated carbocycles. The van der Waals surface area contributed by atoms with E-state index in [1.165, 1.54) is 6.20 Å². The smallest absolute Gasteiger partial charge is 0.196 e. The maximum atomic E-state index is 13.8.